The fraction of sp³-hybridized carbons (Fsp3) is 0.143. The number of imide groups is 2. The molecule has 22 nitrogen and oxygen atoms in total. The summed E-state index contributed by atoms with van der Waals surface area (Å²) >= 11 is 0. The number of rotatable bonds is 32. The highest BCUT2D eigenvalue weighted by molar-refractivity contribution is 6.36. The van der Waals surface area contributed by atoms with Crippen molar-refractivity contribution in [2.24, 2.45) is 0 Å². The maximum atomic E-state index is 14.0. The Morgan fingerprint density at radius 1 is 0.269 bits per heavy atom. The molecule has 0 radical (unpaired) electrons. The van der Waals surface area contributed by atoms with Gasteiger partial charge in [-0.3, -0.25) is 47.9 Å². The number of phenolic OH excluding ortho intramolecular Hbond substituents is 4. The van der Waals surface area contributed by atoms with Crippen molar-refractivity contribution in [1.82, 2.24) is 0 Å². The van der Waals surface area contributed by atoms with Gasteiger partial charge < -0.3 is 39.4 Å². The summed E-state index contributed by atoms with van der Waals surface area (Å²) in [4.78, 5) is 165. The number of fused-ring (bicyclic) bond motifs is 2. The van der Waals surface area contributed by atoms with E-state index in [1.807, 2.05) is 72.7 Å². The molecule has 14 aromatic carbocycles. The van der Waals surface area contributed by atoms with Gasteiger partial charge in [0.1, 0.15) is 46.0 Å². The van der Waals surface area contributed by atoms with Gasteiger partial charge in [-0.2, -0.15) is 0 Å². The van der Waals surface area contributed by atoms with Gasteiger partial charge in [0.2, 0.25) is 0 Å². The van der Waals surface area contributed by atoms with Gasteiger partial charge in [0.05, 0.1) is 44.8 Å². The van der Waals surface area contributed by atoms with Crippen molar-refractivity contribution < 1.29 is 96.9 Å². The first kappa shape index (κ1) is 90.5. The second-order valence-corrected chi connectivity index (χ2v) is 34.6. The van der Waals surface area contributed by atoms with Crippen molar-refractivity contribution in [1.29, 1.82) is 0 Å². The van der Waals surface area contributed by atoms with E-state index in [2.05, 4.69) is 0 Å². The topological polar surface area (TPSA) is 329 Å². The monoisotopic (exact) mass is 1780 g/mol. The number of benzene rings is 14. The van der Waals surface area contributed by atoms with Crippen molar-refractivity contribution in [3.63, 3.8) is 0 Å². The third-order valence-electron chi connectivity index (χ3n) is 24.9. The molecule has 666 valence electrons. The summed E-state index contributed by atoms with van der Waals surface area (Å²) in [6.45, 7) is 12.6. The van der Waals surface area contributed by atoms with Gasteiger partial charge in [-0.1, -0.05) is 175 Å². The number of phenols is 4. The van der Waals surface area contributed by atoms with E-state index in [9.17, 15) is 78.0 Å². The number of Topliss-reactive ketones (excluding diaryl/α,β-unsaturated/α-hetero) is 6. The zero-order valence-corrected chi connectivity index (χ0v) is 73.9. The SMILES string of the molecule is Cc1ccc(C(C)(C)c2cccc(N3C(=O)c4ccc(C(=O)OCC(=O)c5ccccc5)cc4C3=O)c2)cc1CC(=O)c1ccc(Oc2ccc(C(=O)Cc3cc(C(C)(C)c4ccc(O)c(CC(=O)c5ccc(Oc6ccc(C(=O)Cc7cc(C(C)(C)c8ccc(O)c(N9C(=O)c%10ccc(C(=O)OCC(=O)c%11ccccc%11)cc%10C9=O)c8)ccc7O)cc6)cc5)c4)ccc3O)cc2)cc1. The number of ether oxygens (including phenoxy) is 4. The van der Waals surface area contributed by atoms with Gasteiger partial charge in [0.25, 0.3) is 23.6 Å². The minimum absolute atomic E-state index is 0.0132. The zero-order chi connectivity index (χ0) is 94.8. The largest absolute Gasteiger partial charge is 0.508 e. The highest BCUT2D eigenvalue weighted by Gasteiger charge is 2.42. The molecule has 16 rings (SSSR count). The van der Waals surface area contributed by atoms with Crippen LogP contribution in [0.4, 0.5) is 11.4 Å². The number of hydrogen-bond acceptors (Lipinski definition) is 20. The summed E-state index contributed by atoms with van der Waals surface area (Å²) in [5.74, 6) is -5.24. The molecule has 22 heteroatoms. The average Bonchev–Trinajstić information content (AvgIpc) is 1.55. The molecule has 134 heavy (non-hydrogen) atoms. The second-order valence-electron chi connectivity index (χ2n) is 34.6. The first-order chi connectivity index (χ1) is 64.1. The number of amides is 4. The van der Waals surface area contributed by atoms with Crippen molar-refractivity contribution in [3.8, 4) is 46.0 Å². The molecular weight excluding hydrogens is 1690 g/mol. The Labute approximate surface area is 770 Å². The highest BCUT2D eigenvalue weighted by Crippen LogP contribution is 2.44. The number of hydrogen-bond donors (Lipinski definition) is 4. The smallest absolute Gasteiger partial charge is 0.338 e. The van der Waals surface area contributed by atoms with Crippen LogP contribution in [0.25, 0.3) is 0 Å². The van der Waals surface area contributed by atoms with E-state index < -0.39 is 76.6 Å². The number of esters is 2. The molecule has 2 aliphatic heterocycles. The van der Waals surface area contributed by atoms with E-state index in [4.69, 9.17) is 18.9 Å². The van der Waals surface area contributed by atoms with Crippen molar-refractivity contribution in [2.45, 2.75) is 90.4 Å². The quantitative estimate of drug-likeness (QED) is 0.0173. The molecule has 4 amide bonds. The maximum absolute atomic E-state index is 14.0. The fourth-order valence-electron chi connectivity index (χ4n) is 16.5. The Balaban J connectivity index is 0.494. The van der Waals surface area contributed by atoms with Crippen molar-refractivity contribution in [2.75, 3.05) is 23.0 Å². The van der Waals surface area contributed by atoms with E-state index in [0.29, 0.717) is 89.9 Å². The van der Waals surface area contributed by atoms with E-state index in [1.165, 1.54) is 66.7 Å². The van der Waals surface area contributed by atoms with Crippen LogP contribution in [0.5, 0.6) is 46.0 Å². The lowest BCUT2D eigenvalue weighted by molar-refractivity contribution is 0.0472. The number of ketones is 6. The summed E-state index contributed by atoms with van der Waals surface area (Å²) in [7, 11) is 0. The van der Waals surface area contributed by atoms with Gasteiger partial charge in [-0.25, -0.2) is 19.4 Å². The van der Waals surface area contributed by atoms with Crippen LogP contribution in [0.15, 0.2) is 309 Å². The number of aromatic hydroxyl groups is 4. The van der Waals surface area contributed by atoms with Gasteiger partial charge >= 0.3 is 11.9 Å². The predicted octanol–water partition coefficient (Wildman–Crippen LogP) is 20.8. The van der Waals surface area contributed by atoms with E-state index in [1.54, 1.807) is 218 Å². The highest BCUT2D eigenvalue weighted by atomic mass is 16.5. The predicted molar refractivity (Wildman–Crippen MR) is 502 cm³/mol. The normalized spacial score (nSPS) is 12.4. The average molecular weight is 1780 g/mol. The summed E-state index contributed by atoms with van der Waals surface area (Å²) in [5, 5.41) is 44.6. The van der Waals surface area contributed by atoms with Gasteiger partial charge in [-0.05, 0) is 227 Å². The molecule has 0 bridgehead atoms. The molecule has 2 heterocycles. The second kappa shape index (κ2) is 37.3. The molecule has 0 aromatic heterocycles. The van der Waals surface area contributed by atoms with E-state index >= 15 is 0 Å². The Morgan fingerprint density at radius 2 is 0.567 bits per heavy atom. The molecule has 0 saturated carbocycles. The van der Waals surface area contributed by atoms with Crippen molar-refractivity contribution in [3.05, 3.63) is 437 Å². The molecule has 2 aliphatic rings. The van der Waals surface area contributed by atoms with Gasteiger partial charge in [0, 0.05) is 92.0 Å². The zero-order valence-electron chi connectivity index (χ0n) is 73.9. The Bertz CT molecular complexity index is 7140. The summed E-state index contributed by atoms with van der Waals surface area (Å²) in [6, 6.07) is 83.4. The third-order valence-corrected chi connectivity index (χ3v) is 24.9. The first-order valence-electron chi connectivity index (χ1n) is 43.1. The Kier molecular flexibility index (Phi) is 25.2. The summed E-state index contributed by atoms with van der Waals surface area (Å²) in [6.07, 6.45) is -0.401. The number of aryl methyl sites for hydroxylation is 1. The molecule has 0 unspecified atom stereocenters. The van der Waals surface area contributed by atoms with E-state index in [-0.39, 0.29) is 111 Å². The first-order valence-corrected chi connectivity index (χ1v) is 43.1. The van der Waals surface area contributed by atoms with Gasteiger partial charge in [-0.15, -0.1) is 0 Å². The van der Waals surface area contributed by atoms with Crippen LogP contribution in [0.3, 0.4) is 0 Å². The lowest BCUT2D eigenvalue weighted by Crippen LogP contribution is -2.30. The third kappa shape index (κ3) is 18.8. The molecule has 0 fully saturated rings. The van der Waals surface area contributed by atoms with Crippen LogP contribution in [-0.4, -0.2) is 104 Å². The molecule has 0 saturated heterocycles. The maximum Gasteiger partial charge on any atom is 0.338 e. The van der Waals surface area contributed by atoms with Gasteiger partial charge in [0.15, 0.2) is 47.9 Å². The number of anilines is 2. The van der Waals surface area contributed by atoms with Crippen molar-refractivity contribution >= 4 is 81.6 Å². The van der Waals surface area contributed by atoms with Crippen LogP contribution in [-0.2, 0) is 51.4 Å². The van der Waals surface area contributed by atoms with E-state index in [0.717, 1.165) is 43.2 Å². The minimum atomic E-state index is -0.911. The minimum Gasteiger partial charge on any atom is -0.508 e. The standard InChI is InChI=1S/C112H88N2O20/c1-65-21-32-79(110(2,3)78-19-14-20-84(61-78)113-104(125)89-45-30-72(55-91(89)106(113)127)108(129)131-63-102(123)66-15-10-8-11-16-66)51-74(65)57-98(119)68-22-37-85(38-23-68)133-86-39-24-69(25-40-86)99(120)58-75-52-80(33-47-94(75)115)111(4,5)81-34-48-95(116)76(53-81)59-100(121)70-26-41-87(42-27-70)134-88-43-28-71(29-44-88)101(122)60-77-54-82(35-49-96(77)117)112(6,7)83-36-50-97(118)93(62-83)114-105(126)90-46-31-73(56-92(90)107(114)128)109(130)132-64-103(124)67-17-12-9-13-18-67/h8-56,61-62,115-118H,57-60,63-64H2,1-7H3. The number of carbonyl (C=O) groups is 12. The van der Waals surface area contributed by atoms with Crippen LogP contribution in [0, 0.1) is 6.92 Å². The molecular formula is C112H88N2O20. The van der Waals surface area contributed by atoms with Crippen LogP contribution < -0.4 is 19.3 Å². The van der Waals surface area contributed by atoms with Crippen LogP contribution in [0.1, 0.15) is 227 Å². The summed E-state index contributed by atoms with van der Waals surface area (Å²) < 4.78 is 22.8. The lowest BCUT2D eigenvalue weighted by Gasteiger charge is -2.28. The molecule has 14 aromatic rings. The fourth-order valence-corrected chi connectivity index (χ4v) is 16.5. The van der Waals surface area contributed by atoms with Crippen LogP contribution >= 0.6 is 0 Å². The molecule has 0 atom stereocenters. The summed E-state index contributed by atoms with van der Waals surface area (Å²) in [5.41, 5.74) is 7.24. The molecule has 4 N–H and O–H groups in total. The number of carbonyl (C=O) groups excluding carboxylic acids is 12. The van der Waals surface area contributed by atoms with Crippen LogP contribution in [0.2, 0.25) is 0 Å². The Hall–Kier alpha value is -16.9. The number of nitrogens with zero attached hydrogens (tertiary/aromatic N) is 2. The molecule has 0 spiro atoms. The molecule has 0 aliphatic carbocycles. The lowest BCUT2D eigenvalue weighted by atomic mass is 9.76. The Morgan fingerprint density at radius 3 is 0.948 bits per heavy atom.